The van der Waals surface area contributed by atoms with E-state index in [0.717, 1.165) is 106 Å². The first-order valence-corrected chi connectivity index (χ1v) is 11.9. The Bertz CT molecular complexity index is 859. The van der Waals surface area contributed by atoms with Gasteiger partial charge in [-0.2, -0.15) is 0 Å². The maximum Gasteiger partial charge on any atom is 0.161 e. The summed E-state index contributed by atoms with van der Waals surface area (Å²) in [7, 11) is 2.17. The molecule has 2 aromatic rings. The number of ether oxygens (including phenoxy) is 2. The highest BCUT2D eigenvalue weighted by atomic mass is 16.5. The zero-order valence-corrected chi connectivity index (χ0v) is 19.8. The molecule has 32 heavy (non-hydrogen) atoms. The Balaban J connectivity index is 1.35. The van der Waals surface area contributed by atoms with Crippen LogP contribution in [0.1, 0.15) is 30.5 Å². The lowest BCUT2D eigenvalue weighted by Gasteiger charge is -2.29. The molecule has 0 aliphatic carbocycles. The molecule has 0 amide bonds. The number of morpholine rings is 1. The second kappa shape index (κ2) is 11.1. The maximum absolute atomic E-state index is 6.18. The largest absolute Gasteiger partial charge is 0.490 e. The lowest BCUT2D eigenvalue weighted by molar-refractivity contribution is 0.0378. The van der Waals surface area contributed by atoms with Crippen LogP contribution in [-0.2, 0) is 4.74 Å². The zero-order valence-electron chi connectivity index (χ0n) is 19.8. The lowest BCUT2D eigenvalue weighted by Crippen LogP contribution is -2.37. The van der Waals surface area contributed by atoms with Gasteiger partial charge in [0.15, 0.2) is 5.82 Å². The molecule has 1 aromatic carbocycles. The van der Waals surface area contributed by atoms with E-state index in [-0.39, 0.29) is 0 Å². The summed E-state index contributed by atoms with van der Waals surface area (Å²) in [6.45, 7) is 12.1. The van der Waals surface area contributed by atoms with Gasteiger partial charge in [-0.15, -0.1) is 0 Å². The minimum absolute atomic E-state index is 0.309. The van der Waals surface area contributed by atoms with Crippen LogP contribution in [0.4, 0.5) is 5.82 Å². The van der Waals surface area contributed by atoms with E-state index in [1.165, 1.54) is 0 Å². The van der Waals surface area contributed by atoms with Crippen molar-refractivity contribution in [1.82, 2.24) is 19.8 Å². The summed E-state index contributed by atoms with van der Waals surface area (Å²) < 4.78 is 11.6. The summed E-state index contributed by atoms with van der Waals surface area (Å²) in [5, 5.41) is 3.53. The van der Waals surface area contributed by atoms with Crippen molar-refractivity contribution in [3.63, 3.8) is 0 Å². The molecule has 0 atom stereocenters. The summed E-state index contributed by atoms with van der Waals surface area (Å²) in [6.07, 6.45) is 3.56. The third-order valence-corrected chi connectivity index (χ3v) is 6.52. The number of nitrogens with zero attached hydrogens (tertiary/aromatic N) is 4. The smallest absolute Gasteiger partial charge is 0.161 e. The normalized spacial score (nSPS) is 18.6. The molecule has 7 nitrogen and oxygen atoms in total. The number of rotatable bonds is 8. The van der Waals surface area contributed by atoms with Gasteiger partial charge in [-0.25, -0.2) is 9.97 Å². The molecule has 0 bridgehead atoms. The number of aromatic nitrogens is 2. The number of likely N-dealkylation sites (tertiary alicyclic amines) is 1. The van der Waals surface area contributed by atoms with Crippen molar-refractivity contribution < 1.29 is 9.47 Å². The summed E-state index contributed by atoms with van der Waals surface area (Å²) in [4.78, 5) is 14.4. The fraction of sp³-hybridized carbons (Fsp3) is 0.600. The monoisotopic (exact) mass is 439 g/mol. The Labute approximate surface area is 192 Å². The number of anilines is 1. The first-order chi connectivity index (χ1) is 15.6. The van der Waals surface area contributed by atoms with E-state index in [4.69, 9.17) is 19.4 Å². The van der Waals surface area contributed by atoms with E-state index in [2.05, 4.69) is 48.1 Å². The van der Waals surface area contributed by atoms with Gasteiger partial charge >= 0.3 is 0 Å². The second-order valence-corrected chi connectivity index (χ2v) is 8.99. The molecule has 2 aliphatic rings. The van der Waals surface area contributed by atoms with Crippen molar-refractivity contribution in [2.45, 2.75) is 39.2 Å². The van der Waals surface area contributed by atoms with Gasteiger partial charge in [-0.05, 0) is 71.0 Å². The Morgan fingerprint density at radius 2 is 1.75 bits per heavy atom. The van der Waals surface area contributed by atoms with E-state index >= 15 is 0 Å². The van der Waals surface area contributed by atoms with Crippen LogP contribution in [0.15, 0.2) is 24.3 Å². The molecule has 3 heterocycles. The van der Waals surface area contributed by atoms with Gasteiger partial charge in [0.05, 0.1) is 13.2 Å². The van der Waals surface area contributed by atoms with Gasteiger partial charge in [0.2, 0.25) is 0 Å². The highest BCUT2D eigenvalue weighted by molar-refractivity contribution is 5.60. The molecule has 1 aromatic heterocycles. The topological polar surface area (TPSA) is 62.8 Å². The summed E-state index contributed by atoms with van der Waals surface area (Å²) in [5.41, 5.74) is 3.14. The fourth-order valence-corrected chi connectivity index (χ4v) is 4.24. The molecule has 0 radical (unpaired) electrons. The summed E-state index contributed by atoms with van der Waals surface area (Å²) in [5.74, 6) is 2.62. The Hall–Kier alpha value is -2.22. The Morgan fingerprint density at radius 3 is 2.47 bits per heavy atom. The van der Waals surface area contributed by atoms with Crippen LogP contribution < -0.4 is 10.1 Å². The molecule has 0 spiro atoms. The van der Waals surface area contributed by atoms with Gasteiger partial charge in [0.25, 0.3) is 0 Å². The molecule has 2 fully saturated rings. The molecule has 2 aliphatic heterocycles. The molecule has 2 saturated heterocycles. The van der Waals surface area contributed by atoms with Crippen LogP contribution in [0.3, 0.4) is 0 Å². The molecule has 4 rings (SSSR count). The third kappa shape index (κ3) is 6.18. The van der Waals surface area contributed by atoms with E-state index in [9.17, 15) is 0 Å². The van der Waals surface area contributed by atoms with Crippen molar-refractivity contribution in [3.8, 4) is 17.1 Å². The average molecular weight is 440 g/mol. The van der Waals surface area contributed by atoms with Crippen molar-refractivity contribution in [2.24, 2.45) is 0 Å². The van der Waals surface area contributed by atoms with Crippen molar-refractivity contribution in [2.75, 3.05) is 64.8 Å². The SMILES string of the molecule is Cc1nc(-c2ccc(OC3CCN(C)CC3)cc2)nc(NCCCN2CCOCC2)c1C. The molecule has 1 N–H and O–H groups in total. The highest BCUT2D eigenvalue weighted by Gasteiger charge is 2.18. The third-order valence-electron chi connectivity index (χ3n) is 6.52. The van der Waals surface area contributed by atoms with Crippen LogP contribution in [0.5, 0.6) is 5.75 Å². The molecule has 0 unspecified atom stereocenters. The number of piperidine rings is 1. The van der Waals surface area contributed by atoms with Crippen molar-refractivity contribution in [1.29, 1.82) is 0 Å². The number of nitrogens with one attached hydrogen (secondary N) is 1. The molecule has 7 heteroatoms. The van der Waals surface area contributed by atoms with Gasteiger partial charge in [-0.1, -0.05) is 0 Å². The Kier molecular flexibility index (Phi) is 7.95. The van der Waals surface area contributed by atoms with E-state index in [1.807, 2.05) is 12.1 Å². The van der Waals surface area contributed by atoms with Crippen LogP contribution in [0.25, 0.3) is 11.4 Å². The number of hydrogen-bond donors (Lipinski definition) is 1. The second-order valence-electron chi connectivity index (χ2n) is 8.99. The standard InChI is InChI=1S/C25H37N5O2/c1-19-20(2)27-25(28-24(19)26-11-4-12-30-15-17-31-18-16-30)21-5-7-22(8-6-21)32-23-9-13-29(3)14-10-23/h5-8,23H,4,9-18H2,1-3H3,(H,26,27,28). The summed E-state index contributed by atoms with van der Waals surface area (Å²) >= 11 is 0. The van der Waals surface area contributed by atoms with E-state index in [0.29, 0.717) is 6.10 Å². The summed E-state index contributed by atoms with van der Waals surface area (Å²) in [6, 6.07) is 8.22. The van der Waals surface area contributed by atoms with Crippen LogP contribution in [-0.4, -0.2) is 85.4 Å². The zero-order chi connectivity index (χ0) is 22.3. The first-order valence-electron chi connectivity index (χ1n) is 11.9. The predicted molar refractivity (Wildman–Crippen MR) is 128 cm³/mol. The average Bonchev–Trinajstić information content (AvgIpc) is 2.82. The molecular weight excluding hydrogens is 402 g/mol. The maximum atomic E-state index is 6.18. The first kappa shape index (κ1) is 23.0. The molecule has 0 saturated carbocycles. The Morgan fingerprint density at radius 1 is 1.03 bits per heavy atom. The fourth-order valence-electron chi connectivity index (χ4n) is 4.24. The van der Waals surface area contributed by atoms with Crippen LogP contribution in [0, 0.1) is 13.8 Å². The quantitative estimate of drug-likeness (QED) is 0.633. The van der Waals surface area contributed by atoms with E-state index in [1.54, 1.807) is 0 Å². The number of hydrogen-bond acceptors (Lipinski definition) is 7. The van der Waals surface area contributed by atoms with Gasteiger partial charge < -0.3 is 19.7 Å². The van der Waals surface area contributed by atoms with Crippen molar-refractivity contribution >= 4 is 5.82 Å². The highest BCUT2D eigenvalue weighted by Crippen LogP contribution is 2.25. The molecular formula is C25H37N5O2. The van der Waals surface area contributed by atoms with Crippen LogP contribution in [0.2, 0.25) is 0 Å². The lowest BCUT2D eigenvalue weighted by atomic mass is 10.1. The number of aryl methyl sites for hydroxylation is 1. The molecule has 174 valence electrons. The predicted octanol–water partition coefficient (Wildman–Crippen LogP) is 3.37. The number of benzene rings is 1. The van der Waals surface area contributed by atoms with Gasteiger partial charge in [-0.3, -0.25) is 4.90 Å². The minimum Gasteiger partial charge on any atom is -0.490 e. The van der Waals surface area contributed by atoms with Crippen molar-refractivity contribution in [3.05, 3.63) is 35.5 Å². The van der Waals surface area contributed by atoms with Gasteiger partial charge in [0, 0.05) is 49.5 Å². The van der Waals surface area contributed by atoms with Gasteiger partial charge in [0.1, 0.15) is 17.7 Å². The van der Waals surface area contributed by atoms with E-state index < -0.39 is 0 Å². The minimum atomic E-state index is 0.309. The van der Waals surface area contributed by atoms with Crippen LogP contribution >= 0.6 is 0 Å².